The molecule has 0 spiro atoms. The summed E-state index contributed by atoms with van der Waals surface area (Å²) in [5.41, 5.74) is 1.88. The van der Waals surface area contributed by atoms with Gasteiger partial charge in [0.25, 0.3) is 5.91 Å². The van der Waals surface area contributed by atoms with Gasteiger partial charge in [0.05, 0.1) is 40.4 Å². The summed E-state index contributed by atoms with van der Waals surface area (Å²) in [6, 6.07) is 10.4. The zero-order valence-electron chi connectivity index (χ0n) is 24.6. The van der Waals surface area contributed by atoms with Gasteiger partial charge in [-0.15, -0.1) is 21.5 Å². The first-order chi connectivity index (χ1) is 21.2. The van der Waals surface area contributed by atoms with E-state index in [0.29, 0.717) is 55.9 Å². The van der Waals surface area contributed by atoms with Crippen LogP contribution in [0.1, 0.15) is 64.2 Å². The van der Waals surface area contributed by atoms with E-state index < -0.39 is 23.5 Å². The monoisotopic (exact) mass is 654 g/mol. The minimum atomic E-state index is -1.01. The van der Waals surface area contributed by atoms with Crippen LogP contribution in [0.25, 0.3) is 0 Å². The SMILES string of the molecule is CCCCOc1ccc(C2C(C(=O)c3sc(C)nc3C)=C(O)C(=O)N2c2nnc(SCc3ccc(F)cc3)s2)cc1OCC. The molecule has 2 aromatic heterocycles. The molecule has 0 fully saturated rings. The number of ether oxygens (including phenoxy) is 2. The molecular formula is C31H31FN4O5S3. The van der Waals surface area contributed by atoms with Crippen LogP contribution in [-0.2, 0) is 10.5 Å². The Hall–Kier alpha value is -3.81. The van der Waals surface area contributed by atoms with Gasteiger partial charge in [0.1, 0.15) is 5.82 Å². The molecule has 0 aliphatic carbocycles. The third-order valence-corrected chi connectivity index (χ3v) is 9.98. The van der Waals surface area contributed by atoms with Crippen LogP contribution in [0.4, 0.5) is 9.52 Å². The maximum Gasteiger partial charge on any atom is 0.296 e. The van der Waals surface area contributed by atoms with Gasteiger partial charge < -0.3 is 14.6 Å². The van der Waals surface area contributed by atoms with E-state index in [0.717, 1.165) is 29.7 Å². The lowest BCUT2D eigenvalue weighted by molar-refractivity contribution is -0.117. The zero-order chi connectivity index (χ0) is 31.4. The van der Waals surface area contributed by atoms with Gasteiger partial charge in [-0.3, -0.25) is 14.5 Å². The van der Waals surface area contributed by atoms with Crippen molar-refractivity contribution in [2.75, 3.05) is 18.1 Å². The number of hydrogen-bond acceptors (Lipinski definition) is 11. The third kappa shape index (κ3) is 6.64. The molecule has 13 heteroatoms. The molecule has 9 nitrogen and oxygen atoms in total. The molecule has 4 aromatic rings. The number of rotatable bonds is 13. The summed E-state index contributed by atoms with van der Waals surface area (Å²) in [6.07, 6.45) is 1.85. The van der Waals surface area contributed by atoms with Crippen LogP contribution in [0.3, 0.4) is 0 Å². The lowest BCUT2D eigenvalue weighted by Crippen LogP contribution is -2.31. The quantitative estimate of drug-likeness (QED) is 0.0681. The van der Waals surface area contributed by atoms with E-state index in [4.69, 9.17) is 9.47 Å². The molecule has 44 heavy (non-hydrogen) atoms. The van der Waals surface area contributed by atoms with Crippen LogP contribution in [0.2, 0.25) is 0 Å². The molecule has 0 saturated heterocycles. The molecule has 1 aliphatic heterocycles. The number of hydrogen-bond donors (Lipinski definition) is 1. The predicted octanol–water partition coefficient (Wildman–Crippen LogP) is 7.40. The van der Waals surface area contributed by atoms with Gasteiger partial charge in [-0.05, 0) is 62.6 Å². The summed E-state index contributed by atoms with van der Waals surface area (Å²) in [7, 11) is 0. The van der Waals surface area contributed by atoms with Crippen LogP contribution in [0.5, 0.6) is 11.5 Å². The first-order valence-corrected chi connectivity index (χ1v) is 16.7. The first-order valence-electron chi connectivity index (χ1n) is 14.1. The Morgan fingerprint density at radius 1 is 1.07 bits per heavy atom. The Labute approximate surface area is 266 Å². The van der Waals surface area contributed by atoms with Gasteiger partial charge in [-0.25, -0.2) is 9.37 Å². The lowest BCUT2D eigenvalue weighted by atomic mass is 9.95. The third-order valence-electron chi connectivity index (χ3n) is 6.78. The average molecular weight is 655 g/mol. The van der Waals surface area contributed by atoms with E-state index in [1.54, 1.807) is 44.2 Å². The Morgan fingerprint density at radius 2 is 1.84 bits per heavy atom. The number of carbonyl (C=O) groups is 2. The number of ketones is 1. The van der Waals surface area contributed by atoms with Gasteiger partial charge in [-0.2, -0.15) is 0 Å². The maximum absolute atomic E-state index is 14.0. The predicted molar refractivity (Wildman–Crippen MR) is 170 cm³/mol. The molecule has 1 atom stereocenters. The Balaban J connectivity index is 1.54. The van der Waals surface area contributed by atoms with E-state index in [9.17, 15) is 19.1 Å². The number of aliphatic hydroxyl groups excluding tert-OH is 1. The van der Waals surface area contributed by atoms with E-state index >= 15 is 0 Å². The van der Waals surface area contributed by atoms with Crippen molar-refractivity contribution >= 4 is 51.3 Å². The van der Waals surface area contributed by atoms with Crippen LogP contribution < -0.4 is 14.4 Å². The van der Waals surface area contributed by atoms with Crippen molar-refractivity contribution in [1.29, 1.82) is 0 Å². The van der Waals surface area contributed by atoms with Gasteiger partial charge in [0.2, 0.25) is 10.9 Å². The van der Waals surface area contributed by atoms with E-state index in [-0.39, 0.29) is 16.5 Å². The van der Waals surface area contributed by atoms with Crippen molar-refractivity contribution in [3.63, 3.8) is 0 Å². The topological polar surface area (TPSA) is 115 Å². The number of thioether (sulfide) groups is 1. The summed E-state index contributed by atoms with van der Waals surface area (Å²) in [4.78, 5) is 33.7. The number of aliphatic hydroxyl groups is 1. The van der Waals surface area contributed by atoms with Crippen molar-refractivity contribution in [1.82, 2.24) is 15.2 Å². The minimum Gasteiger partial charge on any atom is -0.503 e. The smallest absolute Gasteiger partial charge is 0.296 e. The van der Waals surface area contributed by atoms with Crippen LogP contribution in [0, 0.1) is 19.7 Å². The number of aryl methyl sites for hydroxylation is 2. The number of halogens is 1. The largest absolute Gasteiger partial charge is 0.503 e. The van der Waals surface area contributed by atoms with Crippen LogP contribution in [-0.4, -0.2) is 45.2 Å². The van der Waals surface area contributed by atoms with Gasteiger partial charge in [0, 0.05) is 5.75 Å². The standard InChI is InChI=1S/C31H31FN4O5S3/c1-5-7-14-41-22-13-10-20(15-23(22)40-6-2)25-24(26(37)28-17(3)33-18(4)43-28)27(38)29(39)36(25)30-34-35-31(44-30)42-16-19-8-11-21(32)12-9-19/h8-13,15,25,38H,5-7,14,16H2,1-4H3. The molecule has 1 unspecified atom stereocenters. The molecule has 0 bridgehead atoms. The molecular weight excluding hydrogens is 624 g/mol. The molecule has 0 saturated carbocycles. The number of carbonyl (C=O) groups excluding carboxylic acids is 2. The minimum absolute atomic E-state index is 0.0698. The second kappa shape index (κ2) is 13.9. The highest BCUT2D eigenvalue weighted by atomic mass is 32.2. The molecule has 1 N–H and O–H groups in total. The van der Waals surface area contributed by atoms with Crippen molar-refractivity contribution < 1.29 is 28.6 Å². The zero-order valence-corrected chi connectivity index (χ0v) is 27.1. The highest BCUT2D eigenvalue weighted by Gasteiger charge is 2.47. The Morgan fingerprint density at radius 3 is 2.52 bits per heavy atom. The molecule has 1 amide bonds. The highest BCUT2D eigenvalue weighted by molar-refractivity contribution is 8.00. The van der Waals surface area contributed by atoms with Crippen molar-refractivity contribution in [3.8, 4) is 11.5 Å². The number of amides is 1. The molecule has 230 valence electrons. The molecule has 5 rings (SSSR count). The van der Waals surface area contributed by atoms with E-state index in [1.807, 2.05) is 6.92 Å². The van der Waals surface area contributed by atoms with Gasteiger partial charge in [-0.1, -0.05) is 54.6 Å². The summed E-state index contributed by atoms with van der Waals surface area (Å²) < 4.78 is 25.7. The molecule has 0 radical (unpaired) electrons. The number of Topliss-reactive ketones (excluding diaryl/α,β-unsaturated/α-hetero) is 1. The Bertz CT molecular complexity index is 1700. The number of nitrogens with zero attached hydrogens (tertiary/aromatic N) is 4. The normalized spacial score (nSPS) is 14.9. The van der Waals surface area contributed by atoms with E-state index in [2.05, 4.69) is 22.1 Å². The summed E-state index contributed by atoms with van der Waals surface area (Å²) in [5.74, 6) is -0.685. The molecule has 3 heterocycles. The van der Waals surface area contributed by atoms with Crippen LogP contribution >= 0.6 is 34.4 Å². The first kappa shape index (κ1) is 31.6. The second-order valence-electron chi connectivity index (χ2n) is 9.92. The summed E-state index contributed by atoms with van der Waals surface area (Å²) in [6.45, 7) is 8.34. The molecule has 2 aromatic carbocycles. The fourth-order valence-corrected chi connectivity index (χ4v) is 7.40. The lowest BCUT2D eigenvalue weighted by Gasteiger charge is -2.25. The van der Waals surface area contributed by atoms with Crippen molar-refractivity contribution in [2.45, 2.75) is 56.7 Å². The number of anilines is 1. The van der Waals surface area contributed by atoms with Crippen LogP contribution in [0.15, 0.2) is 58.1 Å². The Kier molecular flexibility index (Phi) is 9.97. The number of unbranched alkanes of at least 4 members (excludes halogenated alkanes) is 1. The summed E-state index contributed by atoms with van der Waals surface area (Å²) in [5, 5.41) is 20.7. The molecule has 1 aliphatic rings. The summed E-state index contributed by atoms with van der Waals surface area (Å²) >= 11 is 3.76. The number of aromatic nitrogens is 3. The van der Waals surface area contributed by atoms with Gasteiger partial charge in [0.15, 0.2) is 21.6 Å². The fourth-order valence-electron chi connectivity index (χ4n) is 4.71. The van der Waals surface area contributed by atoms with Crippen molar-refractivity contribution in [3.05, 3.63) is 86.3 Å². The highest BCUT2D eigenvalue weighted by Crippen LogP contribution is 2.46. The second-order valence-corrected chi connectivity index (χ2v) is 13.3. The van der Waals surface area contributed by atoms with E-state index in [1.165, 1.54) is 40.1 Å². The number of benzene rings is 2. The average Bonchev–Trinajstić information content (AvgIpc) is 3.68. The van der Waals surface area contributed by atoms with Crippen molar-refractivity contribution in [2.24, 2.45) is 0 Å². The van der Waals surface area contributed by atoms with Gasteiger partial charge >= 0.3 is 0 Å². The maximum atomic E-state index is 14.0. The number of thiazole rings is 1. The fraction of sp³-hybridized carbons (Fsp3) is 0.323.